The molecule has 0 fully saturated rings. The topological polar surface area (TPSA) is 29.1 Å². The van der Waals surface area contributed by atoms with Crippen LogP contribution in [0.3, 0.4) is 0 Å². The number of hydrogen-bond donors (Lipinski definition) is 1. The molecule has 0 aliphatic carbocycles. The number of unbranched alkanes of at least 4 members (excludes halogenated alkanes) is 1. The molecule has 1 aromatic carbocycles. The normalized spacial score (nSPS) is 11.4. The van der Waals surface area contributed by atoms with Crippen molar-refractivity contribution in [2.75, 3.05) is 6.54 Å². The summed E-state index contributed by atoms with van der Waals surface area (Å²) < 4.78 is 48.8. The van der Waals surface area contributed by atoms with Gasteiger partial charge in [-0.15, -0.1) is 0 Å². The molecule has 106 valence electrons. The molecule has 1 amide bonds. The first-order chi connectivity index (χ1) is 8.79. The van der Waals surface area contributed by atoms with Crippen LogP contribution in [0.15, 0.2) is 18.2 Å². The molecule has 0 unspecified atom stereocenters. The van der Waals surface area contributed by atoms with E-state index in [-0.39, 0.29) is 30.0 Å². The van der Waals surface area contributed by atoms with Gasteiger partial charge in [0.2, 0.25) is 0 Å². The number of nitrogens with one attached hydrogen (secondary N) is 1. The second-order valence-electron chi connectivity index (χ2n) is 3.95. The van der Waals surface area contributed by atoms with Crippen molar-refractivity contribution in [3.8, 4) is 0 Å². The van der Waals surface area contributed by atoms with E-state index in [1.54, 1.807) is 0 Å². The minimum absolute atomic E-state index is 0.0564. The van der Waals surface area contributed by atoms with E-state index < -0.39 is 24.3 Å². The fourth-order valence-electron chi connectivity index (χ4n) is 1.42. The largest absolute Gasteiger partial charge is 0.389 e. The molecule has 1 rings (SSSR count). The molecule has 0 atom stereocenters. The van der Waals surface area contributed by atoms with Crippen molar-refractivity contribution in [2.45, 2.75) is 25.4 Å². The van der Waals surface area contributed by atoms with Gasteiger partial charge in [-0.2, -0.15) is 13.2 Å². The first-order valence-electron chi connectivity index (χ1n) is 5.59. The predicted octanol–water partition coefficient (Wildman–Crippen LogP) is 3.94. The minimum atomic E-state index is -4.19. The number of amides is 1. The monoisotopic (exact) mass is 297 g/mol. The van der Waals surface area contributed by atoms with Crippen molar-refractivity contribution in [1.82, 2.24) is 5.32 Å². The van der Waals surface area contributed by atoms with Crippen molar-refractivity contribution in [2.24, 2.45) is 0 Å². The van der Waals surface area contributed by atoms with Gasteiger partial charge in [-0.05, 0) is 31.0 Å². The molecule has 2 nitrogen and oxygen atoms in total. The Morgan fingerprint density at radius 3 is 2.58 bits per heavy atom. The second kappa shape index (κ2) is 6.75. The lowest BCUT2D eigenvalue weighted by Crippen LogP contribution is -2.25. The summed E-state index contributed by atoms with van der Waals surface area (Å²) in [6.07, 6.45) is -4.99. The first kappa shape index (κ1) is 15.8. The lowest BCUT2D eigenvalue weighted by molar-refractivity contribution is -0.135. The fourth-order valence-corrected chi connectivity index (χ4v) is 1.59. The van der Waals surface area contributed by atoms with Gasteiger partial charge in [-0.1, -0.05) is 11.6 Å². The van der Waals surface area contributed by atoms with Gasteiger partial charge in [0.1, 0.15) is 5.82 Å². The Kier molecular flexibility index (Phi) is 5.60. The number of rotatable bonds is 5. The highest BCUT2D eigenvalue weighted by atomic mass is 35.5. The molecule has 0 aliphatic heterocycles. The summed E-state index contributed by atoms with van der Waals surface area (Å²) >= 11 is 5.62. The van der Waals surface area contributed by atoms with E-state index in [1.807, 2.05) is 0 Å². The molecule has 1 N–H and O–H groups in total. The average Bonchev–Trinajstić information content (AvgIpc) is 2.30. The standard InChI is InChI=1S/C12H12ClF4NO/c13-8-3-4-10(14)9(7-8)11(19)18-6-2-1-5-12(15,16)17/h3-4,7H,1-2,5-6H2,(H,18,19). The number of carbonyl (C=O) groups is 1. The molecule has 19 heavy (non-hydrogen) atoms. The molecule has 7 heteroatoms. The van der Waals surface area contributed by atoms with Crippen LogP contribution in [-0.2, 0) is 0 Å². The molecule has 0 saturated carbocycles. The van der Waals surface area contributed by atoms with E-state index in [0.717, 1.165) is 6.07 Å². The van der Waals surface area contributed by atoms with E-state index in [9.17, 15) is 22.4 Å². The summed E-state index contributed by atoms with van der Waals surface area (Å²) in [4.78, 5) is 11.5. The second-order valence-corrected chi connectivity index (χ2v) is 4.39. The summed E-state index contributed by atoms with van der Waals surface area (Å²) in [5.41, 5.74) is -0.219. The zero-order valence-corrected chi connectivity index (χ0v) is 10.6. The van der Waals surface area contributed by atoms with E-state index in [4.69, 9.17) is 11.6 Å². The Labute approximate surface area is 112 Å². The van der Waals surface area contributed by atoms with E-state index in [0.29, 0.717) is 0 Å². The molecule has 0 aromatic heterocycles. The maximum absolute atomic E-state index is 13.3. The third-order valence-corrected chi connectivity index (χ3v) is 2.58. The van der Waals surface area contributed by atoms with E-state index in [1.165, 1.54) is 12.1 Å². The summed E-state index contributed by atoms with van der Waals surface area (Å²) in [6.45, 7) is 0.0564. The lowest BCUT2D eigenvalue weighted by atomic mass is 10.2. The first-order valence-corrected chi connectivity index (χ1v) is 5.97. The van der Waals surface area contributed by atoms with Gasteiger partial charge < -0.3 is 5.32 Å². The number of carbonyl (C=O) groups excluding carboxylic acids is 1. The van der Waals surface area contributed by atoms with Crippen LogP contribution < -0.4 is 5.32 Å². The van der Waals surface area contributed by atoms with Crippen LogP contribution in [0.2, 0.25) is 5.02 Å². The Morgan fingerprint density at radius 2 is 1.95 bits per heavy atom. The van der Waals surface area contributed by atoms with Gasteiger partial charge in [-0.25, -0.2) is 4.39 Å². The summed E-state index contributed by atoms with van der Waals surface area (Å²) in [5.74, 6) is -1.41. The summed E-state index contributed by atoms with van der Waals surface area (Å²) in [7, 11) is 0. The number of hydrogen-bond acceptors (Lipinski definition) is 1. The highest BCUT2D eigenvalue weighted by molar-refractivity contribution is 6.30. The quantitative estimate of drug-likeness (QED) is 0.647. The zero-order chi connectivity index (χ0) is 14.5. The maximum atomic E-state index is 13.3. The average molecular weight is 298 g/mol. The van der Waals surface area contributed by atoms with Crippen LogP contribution in [0.4, 0.5) is 17.6 Å². The molecule has 0 heterocycles. The van der Waals surface area contributed by atoms with Crippen LogP contribution in [0.25, 0.3) is 0 Å². The lowest BCUT2D eigenvalue weighted by Gasteiger charge is -2.08. The zero-order valence-electron chi connectivity index (χ0n) is 9.86. The third-order valence-electron chi connectivity index (χ3n) is 2.35. The van der Waals surface area contributed by atoms with Gasteiger partial charge in [0.25, 0.3) is 5.91 Å². The molecule has 0 radical (unpaired) electrons. The van der Waals surface area contributed by atoms with Gasteiger partial charge in [0.05, 0.1) is 5.56 Å². The Hall–Kier alpha value is -1.30. The number of benzene rings is 1. The van der Waals surface area contributed by atoms with Gasteiger partial charge >= 0.3 is 6.18 Å². The summed E-state index contributed by atoms with van der Waals surface area (Å²) in [6, 6.07) is 3.53. The van der Waals surface area contributed by atoms with Gasteiger partial charge in [0.15, 0.2) is 0 Å². The number of alkyl halides is 3. The Balaban J connectivity index is 2.38. The van der Waals surface area contributed by atoms with Crippen LogP contribution >= 0.6 is 11.6 Å². The Morgan fingerprint density at radius 1 is 1.26 bits per heavy atom. The summed E-state index contributed by atoms with van der Waals surface area (Å²) in [5, 5.41) is 2.56. The van der Waals surface area contributed by atoms with Gasteiger partial charge in [0, 0.05) is 18.0 Å². The van der Waals surface area contributed by atoms with Crippen molar-refractivity contribution in [1.29, 1.82) is 0 Å². The smallest absolute Gasteiger partial charge is 0.352 e. The van der Waals surface area contributed by atoms with Crippen LogP contribution in [0.1, 0.15) is 29.6 Å². The van der Waals surface area contributed by atoms with Crippen molar-refractivity contribution in [3.05, 3.63) is 34.6 Å². The van der Waals surface area contributed by atoms with Crippen molar-refractivity contribution in [3.63, 3.8) is 0 Å². The molecule has 0 aliphatic rings. The predicted molar refractivity (Wildman–Crippen MR) is 63.6 cm³/mol. The SMILES string of the molecule is O=C(NCCCCC(F)(F)F)c1cc(Cl)ccc1F. The third kappa shape index (κ3) is 5.92. The highest BCUT2D eigenvalue weighted by Gasteiger charge is 2.25. The minimum Gasteiger partial charge on any atom is -0.352 e. The molecular formula is C12H12ClF4NO. The maximum Gasteiger partial charge on any atom is 0.389 e. The van der Waals surface area contributed by atoms with Gasteiger partial charge in [-0.3, -0.25) is 4.79 Å². The fraction of sp³-hybridized carbons (Fsp3) is 0.417. The van der Waals surface area contributed by atoms with Crippen LogP contribution in [-0.4, -0.2) is 18.6 Å². The van der Waals surface area contributed by atoms with Crippen LogP contribution in [0.5, 0.6) is 0 Å². The molecule has 0 saturated heterocycles. The van der Waals surface area contributed by atoms with E-state index in [2.05, 4.69) is 5.32 Å². The highest BCUT2D eigenvalue weighted by Crippen LogP contribution is 2.22. The number of halogens is 5. The molecule has 0 spiro atoms. The molecular weight excluding hydrogens is 286 g/mol. The molecule has 0 bridgehead atoms. The van der Waals surface area contributed by atoms with Crippen molar-refractivity contribution >= 4 is 17.5 Å². The molecule has 1 aromatic rings. The van der Waals surface area contributed by atoms with Crippen LogP contribution in [0, 0.1) is 5.82 Å². The Bertz CT molecular complexity index is 448. The van der Waals surface area contributed by atoms with E-state index >= 15 is 0 Å². The van der Waals surface area contributed by atoms with Crippen molar-refractivity contribution < 1.29 is 22.4 Å².